The van der Waals surface area contributed by atoms with Crippen molar-refractivity contribution >= 4 is 11.8 Å². The zero-order valence-corrected chi connectivity index (χ0v) is 10.5. The Morgan fingerprint density at radius 3 is 2.94 bits per heavy atom. The third-order valence-electron chi connectivity index (χ3n) is 4.02. The number of fused-ring (bicyclic) bond motifs is 2. The van der Waals surface area contributed by atoms with E-state index in [2.05, 4.69) is 17.3 Å². The first-order chi connectivity index (χ1) is 7.66. The Morgan fingerprint density at radius 2 is 2.12 bits per heavy atom. The van der Waals surface area contributed by atoms with Crippen LogP contribution in [0.1, 0.15) is 25.7 Å². The van der Waals surface area contributed by atoms with Crippen molar-refractivity contribution in [2.45, 2.75) is 43.4 Å². The fraction of sp³-hybridized carbons (Fsp3) is 0.818. The smallest absolute Gasteiger partial charge is 0.0775 e. The average Bonchev–Trinajstić information content (AvgIpc) is 2.62. The second kappa shape index (κ2) is 3.91. The summed E-state index contributed by atoms with van der Waals surface area (Å²) < 4.78 is 0. The molecule has 3 aliphatic rings. The van der Waals surface area contributed by atoms with Crippen LogP contribution in [0.4, 0.5) is 0 Å². The summed E-state index contributed by atoms with van der Waals surface area (Å²) in [4.78, 5) is 2.25. The topological polar surface area (TPSA) is 67.3 Å². The van der Waals surface area contributed by atoms with Crippen molar-refractivity contribution in [1.82, 2.24) is 10.2 Å². The van der Waals surface area contributed by atoms with E-state index in [4.69, 9.17) is 11.5 Å². The predicted molar refractivity (Wildman–Crippen MR) is 67.2 cm³/mol. The van der Waals surface area contributed by atoms with Gasteiger partial charge in [0.1, 0.15) is 0 Å². The predicted octanol–water partition coefficient (Wildman–Crippen LogP) is 0.566. The van der Waals surface area contributed by atoms with Crippen LogP contribution in [0.3, 0.4) is 0 Å². The zero-order chi connectivity index (χ0) is 11.3. The SMILES string of the molecule is CN1C2=C(CCC1N)C1CCC(N)NC1S2. The number of nitrogens with one attached hydrogen (secondary N) is 1. The number of nitrogens with two attached hydrogens (primary N) is 2. The molecule has 90 valence electrons. The Labute approximate surface area is 101 Å². The number of hydrogen-bond donors (Lipinski definition) is 3. The fourth-order valence-electron chi connectivity index (χ4n) is 3.00. The van der Waals surface area contributed by atoms with Gasteiger partial charge in [-0.05, 0) is 31.3 Å². The molecule has 0 bridgehead atoms. The number of rotatable bonds is 0. The summed E-state index contributed by atoms with van der Waals surface area (Å²) in [7, 11) is 2.11. The molecule has 1 fully saturated rings. The summed E-state index contributed by atoms with van der Waals surface area (Å²) in [6.45, 7) is 0. The second-order valence-corrected chi connectivity index (χ2v) is 6.17. The first-order valence-corrected chi connectivity index (χ1v) is 6.94. The molecule has 0 aliphatic carbocycles. The van der Waals surface area contributed by atoms with Crippen molar-refractivity contribution in [2.24, 2.45) is 17.4 Å². The van der Waals surface area contributed by atoms with Gasteiger partial charge in [0.25, 0.3) is 0 Å². The van der Waals surface area contributed by atoms with Gasteiger partial charge in [-0.3, -0.25) is 5.32 Å². The monoisotopic (exact) mass is 240 g/mol. The Kier molecular flexibility index (Phi) is 2.66. The number of nitrogens with zero attached hydrogens (tertiary/aromatic N) is 1. The molecule has 3 rings (SSSR count). The summed E-state index contributed by atoms with van der Waals surface area (Å²) in [5.41, 5.74) is 13.7. The molecular weight excluding hydrogens is 220 g/mol. The minimum atomic E-state index is 0.175. The molecule has 4 unspecified atom stereocenters. The Morgan fingerprint density at radius 1 is 1.31 bits per heavy atom. The van der Waals surface area contributed by atoms with Gasteiger partial charge in [0.2, 0.25) is 0 Å². The zero-order valence-electron chi connectivity index (χ0n) is 9.65. The van der Waals surface area contributed by atoms with E-state index in [1.165, 1.54) is 17.9 Å². The van der Waals surface area contributed by atoms with Gasteiger partial charge in [-0.15, -0.1) is 0 Å². The van der Waals surface area contributed by atoms with Gasteiger partial charge in [-0.25, -0.2) is 0 Å². The molecule has 0 aromatic heterocycles. The molecule has 5 N–H and O–H groups in total. The molecule has 0 aromatic carbocycles. The average molecular weight is 240 g/mol. The maximum absolute atomic E-state index is 6.08. The summed E-state index contributed by atoms with van der Waals surface area (Å²) in [5.74, 6) is 0.690. The van der Waals surface area contributed by atoms with E-state index in [9.17, 15) is 0 Å². The van der Waals surface area contributed by atoms with Crippen molar-refractivity contribution in [1.29, 1.82) is 0 Å². The summed E-state index contributed by atoms with van der Waals surface area (Å²) >= 11 is 1.93. The highest BCUT2D eigenvalue weighted by Gasteiger charge is 2.42. The maximum atomic E-state index is 6.08. The fourth-order valence-corrected chi connectivity index (χ4v) is 4.65. The second-order valence-electron chi connectivity index (χ2n) is 5.04. The third-order valence-corrected chi connectivity index (χ3v) is 5.51. The van der Waals surface area contributed by atoms with E-state index < -0.39 is 0 Å². The molecule has 0 spiro atoms. The van der Waals surface area contributed by atoms with Crippen molar-refractivity contribution in [3.05, 3.63) is 10.6 Å². The number of thioether (sulfide) groups is 1. The van der Waals surface area contributed by atoms with Gasteiger partial charge in [-0.2, -0.15) is 0 Å². The summed E-state index contributed by atoms with van der Waals surface area (Å²) in [6.07, 6.45) is 4.95. The highest BCUT2D eigenvalue weighted by molar-refractivity contribution is 8.03. The molecule has 1 saturated heterocycles. The number of piperidine rings is 1. The van der Waals surface area contributed by atoms with Crippen LogP contribution in [0.2, 0.25) is 0 Å². The number of hydrogen-bond acceptors (Lipinski definition) is 5. The Hall–Kier alpha value is -0.230. The summed E-state index contributed by atoms with van der Waals surface area (Å²) in [5, 5.41) is 5.40. The molecular formula is C11H20N4S. The van der Waals surface area contributed by atoms with Gasteiger partial charge < -0.3 is 16.4 Å². The van der Waals surface area contributed by atoms with Crippen LogP contribution in [0.5, 0.6) is 0 Å². The quantitative estimate of drug-likeness (QED) is 0.577. The van der Waals surface area contributed by atoms with Crippen molar-refractivity contribution < 1.29 is 0 Å². The highest BCUT2D eigenvalue weighted by Crippen LogP contribution is 2.49. The van der Waals surface area contributed by atoms with Gasteiger partial charge in [-0.1, -0.05) is 11.8 Å². The van der Waals surface area contributed by atoms with Crippen molar-refractivity contribution in [2.75, 3.05) is 7.05 Å². The highest BCUT2D eigenvalue weighted by atomic mass is 32.2. The van der Waals surface area contributed by atoms with Crippen LogP contribution in [-0.4, -0.2) is 29.7 Å². The lowest BCUT2D eigenvalue weighted by Gasteiger charge is -2.34. The van der Waals surface area contributed by atoms with Crippen molar-refractivity contribution in [3.8, 4) is 0 Å². The van der Waals surface area contributed by atoms with Crippen LogP contribution in [-0.2, 0) is 0 Å². The van der Waals surface area contributed by atoms with E-state index in [0.717, 1.165) is 12.8 Å². The lowest BCUT2D eigenvalue weighted by Crippen LogP contribution is -2.49. The van der Waals surface area contributed by atoms with E-state index in [0.29, 0.717) is 11.3 Å². The van der Waals surface area contributed by atoms with E-state index in [1.807, 2.05) is 11.8 Å². The molecule has 4 atom stereocenters. The maximum Gasteiger partial charge on any atom is 0.0775 e. The van der Waals surface area contributed by atoms with Crippen LogP contribution < -0.4 is 16.8 Å². The van der Waals surface area contributed by atoms with Gasteiger partial charge in [0, 0.05) is 13.0 Å². The van der Waals surface area contributed by atoms with Gasteiger partial charge in [0.15, 0.2) is 0 Å². The molecule has 16 heavy (non-hydrogen) atoms. The van der Waals surface area contributed by atoms with E-state index in [1.54, 1.807) is 5.57 Å². The molecule has 0 aromatic rings. The molecule has 3 aliphatic heterocycles. The standard InChI is InChI=1S/C11H20N4S/c1-15-9(13)5-3-7-6-2-4-8(12)14-10(6)16-11(7)15/h6,8-10,14H,2-5,12-13H2,1H3. The van der Waals surface area contributed by atoms with Gasteiger partial charge in [0.05, 0.1) is 22.7 Å². The first kappa shape index (κ1) is 10.9. The van der Waals surface area contributed by atoms with Crippen LogP contribution in [0.25, 0.3) is 0 Å². The lowest BCUT2D eigenvalue weighted by atomic mass is 9.86. The lowest BCUT2D eigenvalue weighted by molar-refractivity contribution is 0.270. The largest absolute Gasteiger partial charge is 0.354 e. The molecule has 0 saturated carbocycles. The van der Waals surface area contributed by atoms with Crippen LogP contribution >= 0.6 is 11.8 Å². The Bertz CT molecular complexity index is 330. The van der Waals surface area contributed by atoms with E-state index >= 15 is 0 Å². The molecule has 0 radical (unpaired) electrons. The molecule has 0 amide bonds. The Balaban J connectivity index is 1.84. The molecule has 4 nitrogen and oxygen atoms in total. The first-order valence-electron chi connectivity index (χ1n) is 6.06. The van der Waals surface area contributed by atoms with Crippen LogP contribution in [0, 0.1) is 5.92 Å². The minimum absolute atomic E-state index is 0.175. The van der Waals surface area contributed by atoms with Gasteiger partial charge >= 0.3 is 0 Å². The molecule has 3 heterocycles. The minimum Gasteiger partial charge on any atom is -0.354 e. The van der Waals surface area contributed by atoms with Crippen molar-refractivity contribution in [3.63, 3.8) is 0 Å². The molecule has 5 heteroatoms. The third kappa shape index (κ3) is 1.57. The van der Waals surface area contributed by atoms with Crippen LogP contribution in [0.15, 0.2) is 10.6 Å². The van der Waals surface area contributed by atoms with E-state index in [-0.39, 0.29) is 12.3 Å². The summed E-state index contributed by atoms with van der Waals surface area (Å²) in [6, 6.07) is 0. The normalized spacial score (nSPS) is 43.3.